The van der Waals surface area contributed by atoms with Crippen molar-refractivity contribution in [2.45, 2.75) is 6.54 Å². The summed E-state index contributed by atoms with van der Waals surface area (Å²) >= 11 is 0. The highest BCUT2D eigenvalue weighted by Gasteiger charge is 2.05. The number of H-pyrrole nitrogens is 2. The Balaban J connectivity index is 1.36. The zero-order valence-corrected chi connectivity index (χ0v) is 14.9. The van der Waals surface area contributed by atoms with Gasteiger partial charge in [-0.2, -0.15) is 0 Å². The molecule has 136 valence electrons. The predicted octanol–water partition coefficient (Wildman–Crippen LogP) is 4.08. The van der Waals surface area contributed by atoms with Crippen LogP contribution in [0.25, 0.3) is 33.1 Å². The largest absolute Gasteiger partial charge is 0.364 e. The Bertz CT molecular complexity index is 1330. The standard InChI is InChI=1S/C22H17N5O/c28-22-24-19-9-8-15(12-20(19)25-22)18-10-11-21(27-26-18)23-13-16-6-3-5-14-4-1-2-7-17(14)16/h1-12H,13H2,(H,23,27)(H2,24,25,28). The number of nitrogens with zero attached hydrogens (tertiary/aromatic N) is 2. The summed E-state index contributed by atoms with van der Waals surface area (Å²) in [7, 11) is 0. The molecular formula is C22H17N5O. The molecule has 0 amide bonds. The summed E-state index contributed by atoms with van der Waals surface area (Å²) in [6.07, 6.45) is 0. The van der Waals surface area contributed by atoms with Crippen LogP contribution in [0.5, 0.6) is 0 Å². The lowest BCUT2D eigenvalue weighted by Crippen LogP contribution is -2.03. The average Bonchev–Trinajstić information content (AvgIpc) is 3.12. The number of rotatable bonds is 4. The molecule has 3 aromatic carbocycles. The van der Waals surface area contributed by atoms with Gasteiger partial charge in [0.25, 0.3) is 0 Å². The van der Waals surface area contributed by atoms with Gasteiger partial charge in [-0.3, -0.25) is 0 Å². The molecule has 3 N–H and O–H groups in total. The molecule has 0 saturated carbocycles. The number of anilines is 1. The van der Waals surface area contributed by atoms with Crippen molar-refractivity contribution in [3.63, 3.8) is 0 Å². The molecule has 2 aromatic heterocycles. The van der Waals surface area contributed by atoms with Crippen LogP contribution in [0.4, 0.5) is 5.82 Å². The minimum absolute atomic E-state index is 0.216. The highest BCUT2D eigenvalue weighted by Crippen LogP contribution is 2.22. The van der Waals surface area contributed by atoms with E-state index in [1.807, 2.05) is 36.4 Å². The number of aromatic nitrogens is 4. The first kappa shape index (κ1) is 16.3. The van der Waals surface area contributed by atoms with Crippen LogP contribution in [-0.4, -0.2) is 20.2 Å². The van der Waals surface area contributed by atoms with Crippen molar-refractivity contribution >= 4 is 27.6 Å². The zero-order chi connectivity index (χ0) is 18.9. The smallest absolute Gasteiger partial charge is 0.323 e. The van der Waals surface area contributed by atoms with Gasteiger partial charge in [0, 0.05) is 12.1 Å². The van der Waals surface area contributed by atoms with Crippen molar-refractivity contribution in [3.05, 3.63) is 88.8 Å². The summed E-state index contributed by atoms with van der Waals surface area (Å²) in [5.41, 5.74) is 4.17. The van der Waals surface area contributed by atoms with E-state index < -0.39 is 0 Å². The molecule has 0 atom stereocenters. The Hall–Kier alpha value is -3.93. The van der Waals surface area contributed by atoms with Gasteiger partial charge in [-0.25, -0.2) is 4.79 Å². The highest BCUT2D eigenvalue weighted by atomic mass is 16.1. The number of aromatic amines is 2. The predicted molar refractivity (Wildman–Crippen MR) is 111 cm³/mol. The van der Waals surface area contributed by atoms with Gasteiger partial charge >= 0.3 is 5.69 Å². The van der Waals surface area contributed by atoms with Crippen molar-refractivity contribution < 1.29 is 0 Å². The van der Waals surface area contributed by atoms with Crippen LogP contribution in [0.3, 0.4) is 0 Å². The summed E-state index contributed by atoms with van der Waals surface area (Å²) in [4.78, 5) is 16.9. The molecule has 0 aliphatic carbocycles. The first-order valence-electron chi connectivity index (χ1n) is 9.03. The van der Waals surface area contributed by atoms with E-state index in [0.29, 0.717) is 12.4 Å². The number of fused-ring (bicyclic) bond motifs is 2. The van der Waals surface area contributed by atoms with Gasteiger partial charge in [-0.15, -0.1) is 10.2 Å². The Labute approximate surface area is 160 Å². The maximum atomic E-state index is 11.4. The number of hydrogen-bond acceptors (Lipinski definition) is 4. The molecule has 0 bridgehead atoms. The minimum atomic E-state index is -0.216. The Morgan fingerprint density at radius 2 is 1.68 bits per heavy atom. The monoisotopic (exact) mass is 367 g/mol. The van der Waals surface area contributed by atoms with Crippen LogP contribution in [0, 0.1) is 0 Å². The second kappa shape index (κ2) is 6.66. The van der Waals surface area contributed by atoms with E-state index in [1.54, 1.807) is 0 Å². The highest BCUT2D eigenvalue weighted by molar-refractivity contribution is 5.85. The molecule has 0 unspecified atom stereocenters. The molecule has 5 rings (SSSR count). The lowest BCUT2D eigenvalue weighted by Gasteiger charge is -2.09. The molecule has 0 spiro atoms. The molecule has 0 aliphatic rings. The number of nitrogens with one attached hydrogen (secondary N) is 3. The van der Waals surface area contributed by atoms with Crippen molar-refractivity contribution in [2.75, 3.05) is 5.32 Å². The molecule has 2 heterocycles. The maximum absolute atomic E-state index is 11.4. The molecule has 6 heteroatoms. The van der Waals surface area contributed by atoms with Crippen LogP contribution < -0.4 is 11.0 Å². The molecule has 6 nitrogen and oxygen atoms in total. The van der Waals surface area contributed by atoms with Crippen molar-refractivity contribution in [1.82, 2.24) is 20.2 Å². The van der Waals surface area contributed by atoms with Gasteiger partial charge in [-0.1, -0.05) is 48.5 Å². The van der Waals surface area contributed by atoms with E-state index in [1.165, 1.54) is 16.3 Å². The molecule has 0 radical (unpaired) electrons. The third kappa shape index (κ3) is 3.01. The maximum Gasteiger partial charge on any atom is 0.323 e. The fourth-order valence-corrected chi connectivity index (χ4v) is 3.40. The van der Waals surface area contributed by atoms with E-state index in [4.69, 9.17) is 0 Å². The Morgan fingerprint density at radius 1 is 0.821 bits per heavy atom. The molecular weight excluding hydrogens is 350 g/mol. The van der Waals surface area contributed by atoms with Crippen LogP contribution >= 0.6 is 0 Å². The van der Waals surface area contributed by atoms with E-state index in [-0.39, 0.29) is 5.69 Å². The van der Waals surface area contributed by atoms with Gasteiger partial charge < -0.3 is 15.3 Å². The van der Waals surface area contributed by atoms with Gasteiger partial charge in [0.05, 0.1) is 16.7 Å². The summed E-state index contributed by atoms with van der Waals surface area (Å²) in [6.45, 7) is 0.673. The van der Waals surface area contributed by atoms with E-state index in [9.17, 15) is 4.79 Å². The first-order valence-corrected chi connectivity index (χ1v) is 9.03. The van der Waals surface area contributed by atoms with Crippen LogP contribution in [0.15, 0.2) is 77.6 Å². The van der Waals surface area contributed by atoms with Crippen LogP contribution in [-0.2, 0) is 6.54 Å². The quantitative estimate of drug-likeness (QED) is 0.447. The Kier molecular flexibility index (Phi) is 3.87. The normalized spacial score (nSPS) is 11.1. The van der Waals surface area contributed by atoms with E-state index >= 15 is 0 Å². The first-order chi connectivity index (χ1) is 13.8. The van der Waals surface area contributed by atoms with Crippen LogP contribution in [0.1, 0.15) is 5.56 Å². The van der Waals surface area contributed by atoms with Gasteiger partial charge in [0.2, 0.25) is 0 Å². The summed E-state index contributed by atoms with van der Waals surface area (Å²) in [5.74, 6) is 0.716. The van der Waals surface area contributed by atoms with E-state index in [0.717, 1.165) is 22.3 Å². The lowest BCUT2D eigenvalue weighted by molar-refractivity contribution is 1.01. The molecule has 5 aromatic rings. The summed E-state index contributed by atoms with van der Waals surface area (Å²) in [5, 5.41) is 14.4. The second-order valence-electron chi connectivity index (χ2n) is 6.64. The fraction of sp³-hybridized carbons (Fsp3) is 0.0455. The summed E-state index contributed by atoms with van der Waals surface area (Å²) < 4.78 is 0. The average molecular weight is 367 g/mol. The van der Waals surface area contributed by atoms with Gasteiger partial charge in [0.1, 0.15) is 5.82 Å². The zero-order valence-electron chi connectivity index (χ0n) is 14.9. The Morgan fingerprint density at radius 3 is 2.57 bits per heavy atom. The fourth-order valence-electron chi connectivity index (χ4n) is 3.40. The summed E-state index contributed by atoms with van der Waals surface area (Å²) in [6, 6.07) is 24.1. The molecule has 0 saturated heterocycles. The lowest BCUT2D eigenvalue weighted by atomic mass is 10.0. The number of hydrogen-bond donors (Lipinski definition) is 3. The molecule has 0 fully saturated rings. The second-order valence-corrected chi connectivity index (χ2v) is 6.64. The minimum Gasteiger partial charge on any atom is -0.364 e. The topological polar surface area (TPSA) is 86.5 Å². The van der Waals surface area contributed by atoms with E-state index in [2.05, 4.69) is 61.9 Å². The number of imidazole rings is 1. The third-order valence-corrected chi connectivity index (χ3v) is 4.82. The molecule has 28 heavy (non-hydrogen) atoms. The van der Waals surface area contributed by atoms with Crippen molar-refractivity contribution in [2.24, 2.45) is 0 Å². The van der Waals surface area contributed by atoms with Crippen molar-refractivity contribution in [3.8, 4) is 11.3 Å². The third-order valence-electron chi connectivity index (χ3n) is 4.82. The van der Waals surface area contributed by atoms with Gasteiger partial charge in [-0.05, 0) is 40.6 Å². The SMILES string of the molecule is O=c1[nH]c2ccc(-c3ccc(NCc4cccc5ccccc45)nn3)cc2[nH]1. The number of benzene rings is 3. The van der Waals surface area contributed by atoms with Crippen molar-refractivity contribution in [1.29, 1.82) is 0 Å². The molecule has 0 aliphatic heterocycles. The van der Waals surface area contributed by atoms with Crippen LogP contribution in [0.2, 0.25) is 0 Å². The van der Waals surface area contributed by atoms with Gasteiger partial charge in [0.15, 0.2) is 0 Å².